The van der Waals surface area contributed by atoms with E-state index in [-0.39, 0.29) is 12.5 Å². The Morgan fingerprint density at radius 1 is 1.33 bits per heavy atom. The van der Waals surface area contributed by atoms with Crippen molar-refractivity contribution < 1.29 is 14.6 Å². The lowest BCUT2D eigenvalue weighted by Crippen LogP contribution is -2.56. The summed E-state index contributed by atoms with van der Waals surface area (Å²) in [6.45, 7) is 3.16. The molecule has 6 heteroatoms. The number of ether oxygens (including phenoxy) is 1. The zero-order valence-corrected chi connectivity index (χ0v) is 16.2. The van der Waals surface area contributed by atoms with Crippen LogP contribution in [0.25, 0.3) is 0 Å². The molecule has 0 saturated carbocycles. The van der Waals surface area contributed by atoms with Crippen LogP contribution in [0.1, 0.15) is 21.5 Å². The molecule has 1 amide bonds. The van der Waals surface area contributed by atoms with Gasteiger partial charge in [0.25, 0.3) is 5.91 Å². The third-order valence-corrected chi connectivity index (χ3v) is 4.89. The van der Waals surface area contributed by atoms with Crippen molar-refractivity contribution in [1.29, 1.82) is 0 Å². The topological polar surface area (TPSA) is 65.9 Å². The van der Waals surface area contributed by atoms with Gasteiger partial charge in [0.2, 0.25) is 0 Å². The Labute approximate surface area is 160 Å². The first-order valence-corrected chi connectivity index (χ1v) is 9.15. The molecule has 0 aliphatic carbocycles. The average Bonchev–Trinajstić information content (AvgIpc) is 2.67. The van der Waals surface area contributed by atoms with Crippen LogP contribution >= 0.6 is 0 Å². The summed E-state index contributed by atoms with van der Waals surface area (Å²) >= 11 is 0. The lowest BCUT2D eigenvalue weighted by Gasteiger charge is -2.42. The van der Waals surface area contributed by atoms with Gasteiger partial charge in [-0.1, -0.05) is 29.8 Å². The van der Waals surface area contributed by atoms with Crippen LogP contribution in [0, 0.1) is 6.92 Å². The smallest absolute Gasteiger partial charge is 0.255 e. The highest BCUT2D eigenvalue weighted by molar-refractivity contribution is 5.94. The minimum atomic E-state index is -0.779. The summed E-state index contributed by atoms with van der Waals surface area (Å²) in [5.41, 5.74) is 2.02. The summed E-state index contributed by atoms with van der Waals surface area (Å²) in [5.74, 6) is 0.718. The van der Waals surface area contributed by atoms with Crippen LogP contribution in [-0.4, -0.2) is 66.9 Å². The molecular formula is C21H27N3O3. The maximum atomic E-state index is 12.9. The fraction of sp³-hybridized carbons (Fsp3) is 0.429. The van der Waals surface area contributed by atoms with E-state index in [2.05, 4.69) is 11.1 Å². The number of hydrogen-bond donors (Lipinski definition) is 1. The summed E-state index contributed by atoms with van der Waals surface area (Å²) in [4.78, 5) is 20.9. The van der Waals surface area contributed by atoms with Crippen molar-refractivity contribution in [2.45, 2.75) is 18.9 Å². The number of aryl methyl sites for hydroxylation is 1. The average molecular weight is 369 g/mol. The van der Waals surface area contributed by atoms with Crippen molar-refractivity contribution in [2.24, 2.45) is 0 Å². The molecule has 2 heterocycles. The summed E-state index contributed by atoms with van der Waals surface area (Å²) in [6.07, 6.45) is 2.17. The molecule has 0 spiro atoms. The Balaban J connectivity index is 1.76. The molecule has 144 valence electrons. The van der Waals surface area contributed by atoms with Crippen LogP contribution < -0.4 is 4.90 Å². The molecule has 1 aliphatic rings. The molecule has 1 saturated heterocycles. The van der Waals surface area contributed by atoms with Gasteiger partial charge in [-0.25, -0.2) is 4.98 Å². The van der Waals surface area contributed by atoms with Gasteiger partial charge in [-0.15, -0.1) is 0 Å². The third kappa shape index (κ3) is 4.46. The zero-order valence-electron chi connectivity index (χ0n) is 16.2. The van der Waals surface area contributed by atoms with Gasteiger partial charge in [-0.2, -0.15) is 0 Å². The fourth-order valence-electron chi connectivity index (χ4n) is 3.43. The highest BCUT2D eigenvalue weighted by atomic mass is 16.5. The van der Waals surface area contributed by atoms with E-state index in [9.17, 15) is 9.90 Å². The molecule has 1 unspecified atom stereocenters. The number of rotatable bonds is 5. The molecule has 1 aromatic heterocycles. The normalized spacial score (nSPS) is 19.8. The molecule has 6 nitrogen and oxygen atoms in total. The lowest BCUT2D eigenvalue weighted by molar-refractivity contribution is -0.123. The molecule has 1 N–H and O–H groups in total. The number of carbonyl (C=O) groups is 1. The number of morpholine rings is 1. The van der Waals surface area contributed by atoms with Crippen molar-refractivity contribution in [1.82, 2.24) is 9.88 Å². The Bertz CT molecular complexity index is 792. The maximum absolute atomic E-state index is 12.9. The number of nitrogens with zero attached hydrogens (tertiary/aromatic N) is 3. The number of aliphatic hydroxyl groups excluding tert-OH is 1. The Hall–Kier alpha value is -2.44. The molecule has 3 rings (SSSR count). The van der Waals surface area contributed by atoms with E-state index < -0.39 is 5.60 Å². The van der Waals surface area contributed by atoms with Gasteiger partial charge in [0.15, 0.2) is 0 Å². The first kappa shape index (κ1) is 19.3. The first-order valence-electron chi connectivity index (χ1n) is 9.15. The highest BCUT2D eigenvalue weighted by Crippen LogP contribution is 2.25. The van der Waals surface area contributed by atoms with E-state index in [4.69, 9.17) is 4.74 Å². The van der Waals surface area contributed by atoms with Crippen LogP contribution in [0.2, 0.25) is 0 Å². The number of aromatic nitrogens is 1. The minimum absolute atomic E-state index is 0.0850. The number of benzene rings is 1. The van der Waals surface area contributed by atoms with Crippen LogP contribution in [0.5, 0.6) is 0 Å². The van der Waals surface area contributed by atoms with Crippen LogP contribution in [0.4, 0.5) is 5.82 Å². The van der Waals surface area contributed by atoms with E-state index in [1.54, 1.807) is 17.2 Å². The summed E-state index contributed by atoms with van der Waals surface area (Å²) in [6, 6.07) is 11.8. The zero-order chi connectivity index (χ0) is 19.4. The molecule has 1 aromatic carbocycles. The van der Waals surface area contributed by atoms with Gasteiger partial charge in [0.05, 0.1) is 25.3 Å². The second-order valence-electron chi connectivity index (χ2n) is 7.38. The first-order chi connectivity index (χ1) is 12.9. The van der Waals surface area contributed by atoms with Crippen molar-refractivity contribution in [3.63, 3.8) is 0 Å². The van der Waals surface area contributed by atoms with Crippen LogP contribution in [-0.2, 0) is 11.2 Å². The van der Waals surface area contributed by atoms with Crippen molar-refractivity contribution in [2.75, 3.05) is 45.3 Å². The minimum Gasteiger partial charge on any atom is -0.393 e. The third-order valence-electron chi connectivity index (χ3n) is 4.89. The largest absolute Gasteiger partial charge is 0.393 e. The number of amides is 1. The molecule has 0 radical (unpaired) electrons. The van der Waals surface area contributed by atoms with Gasteiger partial charge in [-0.05, 0) is 24.6 Å². The number of aliphatic hydroxyl groups is 1. The predicted molar refractivity (Wildman–Crippen MR) is 105 cm³/mol. The van der Waals surface area contributed by atoms with Gasteiger partial charge >= 0.3 is 0 Å². The standard InChI is InChI=1S/C21H27N3O3/c1-16-5-4-6-17(11-16)12-21(15-25)14-24(9-10-27-21)20(26)18-7-8-19(22-13-18)23(2)3/h4-8,11,13,25H,9-10,12,14-15H2,1-3H3. The summed E-state index contributed by atoms with van der Waals surface area (Å²) in [7, 11) is 3.82. The molecule has 1 fully saturated rings. The molecular weight excluding hydrogens is 342 g/mol. The summed E-state index contributed by atoms with van der Waals surface area (Å²) in [5, 5.41) is 10.1. The van der Waals surface area contributed by atoms with Gasteiger partial charge in [-0.3, -0.25) is 4.79 Å². The molecule has 2 aromatic rings. The van der Waals surface area contributed by atoms with Gasteiger partial charge in [0, 0.05) is 33.3 Å². The fourth-order valence-corrected chi connectivity index (χ4v) is 3.43. The molecule has 1 aliphatic heterocycles. The quantitative estimate of drug-likeness (QED) is 0.872. The second kappa shape index (κ2) is 8.06. The van der Waals surface area contributed by atoms with Crippen molar-refractivity contribution in [3.8, 4) is 0 Å². The molecule has 1 atom stereocenters. The van der Waals surface area contributed by atoms with Crippen molar-refractivity contribution >= 4 is 11.7 Å². The highest BCUT2D eigenvalue weighted by Gasteiger charge is 2.38. The van der Waals surface area contributed by atoms with E-state index in [1.165, 1.54) is 0 Å². The van der Waals surface area contributed by atoms with Gasteiger partial charge < -0.3 is 19.6 Å². The van der Waals surface area contributed by atoms with E-state index in [1.807, 2.05) is 50.2 Å². The monoisotopic (exact) mass is 369 g/mol. The van der Waals surface area contributed by atoms with Crippen LogP contribution in [0.15, 0.2) is 42.6 Å². The summed E-state index contributed by atoms with van der Waals surface area (Å²) < 4.78 is 5.96. The number of hydrogen-bond acceptors (Lipinski definition) is 5. The van der Waals surface area contributed by atoms with Crippen LogP contribution in [0.3, 0.4) is 0 Å². The molecule has 27 heavy (non-hydrogen) atoms. The number of pyridine rings is 1. The Morgan fingerprint density at radius 2 is 2.15 bits per heavy atom. The van der Waals surface area contributed by atoms with E-state index in [0.717, 1.165) is 16.9 Å². The van der Waals surface area contributed by atoms with Gasteiger partial charge in [0.1, 0.15) is 11.4 Å². The number of anilines is 1. The maximum Gasteiger partial charge on any atom is 0.255 e. The Kier molecular flexibility index (Phi) is 5.77. The van der Waals surface area contributed by atoms with E-state index >= 15 is 0 Å². The van der Waals surface area contributed by atoms with Crippen molar-refractivity contribution in [3.05, 3.63) is 59.3 Å². The molecule has 0 bridgehead atoms. The Morgan fingerprint density at radius 3 is 2.78 bits per heavy atom. The second-order valence-corrected chi connectivity index (χ2v) is 7.38. The SMILES string of the molecule is Cc1cccc(CC2(CO)CN(C(=O)c3ccc(N(C)C)nc3)CCO2)c1. The van der Waals surface area contributed by atoms with E-state index in [0.29, 0.717) is 31.7 Å². The predicted octanol–water partition coefficient (Wildman–Crippen LogP) is 1.90. The lowest BCUT2D eigenvalue weighted by atomic mass is 9.92. The number of carbonyl (C=O) groups excluding carboxylic acids is 1.